The molecule has 4 atom stereocenters. The van der Waals surface area contributed by atoms with Crippen molar-refractivity contribution in [2.45, 2.75) is 61.5 Å². The fraction of sp³-hybridized carbons (Fsp3) is 0.464. The first-order valence-corrected chi connectivity index (χ1v) is 16.0. The summed E-state index contributed by atoms with van der Waals surface area (Å²) in [5.74, 6) is 0.136. The summed E-state index contributed by atoms with van der Waals surface area (Å²) >= 11 is 14.9. The number of alkyl halides is 1. The number of nitrogens with zero attached hydrogens (tertiary/aromatic N) is 1. The number of nitrogens with one attached hydrogen (secondary N) is 1. The normalized spacial score (nSPS) is 23.3. The van der Waals surface area contributed by atoms with Crippen LogP contribution in [-0.2, 0) is 14.8 Å². The Hall–Kier alpha value is -1.13. The number of likely N-dealkylation sites (tertiary alicyclic amines) is 1. The molecule has 1 amide bonds. The van der Waals surface area contributed by atoms with Gasteiger partial charge in [-0.1, -0.05) is 90.0 Å². The van der Waals surface area contributed by atoms with Crippen LogP contribution in [0.3, 0.4) is 0 Å². The molecule has 0 bridgehead atoms. The van der Waals surface area contributed by atoms with Crippen LogP contribution in [0.25, 0.3) is 0 Å². The first-order valence-electron chi connectivity index (χ1n) is 12.5. The minimum atomic E-state index is -3.45. The summed E-state index contributed by atoms with van der Waals surface area (Å²) in [7, 11) is -3.45. The van der Waals surface area contributed by atoms with E-state index in [1.165, 1.54) is 0 Å². The first-order chi connectivity index (χ1) is 17.4. The Bertz CT molecular complexity index is 1210. The number of allylic oxidation sites excluding steroid dienone is 1. The van der Waals surface area contributed by atoms with Crippen molar-refractivity contribution < 1.29 is 13.2 Å². The standard InChI is InChI=1S/C28H35Cl2IN2O3S/c1-5-14-28(31)17-25(21-8-7-9-23(30)16-21)26(20-10-12-22(29)13-11-20)33(27(28)34)24(15-19(3)4)18-32-37(35,36)6-2/h5,7-13,16,19,24-26,32H,1,6,14-15,17-18H2,2-4H3/t24-,25+,26+,28+/m0/s1. The van der Waals surface area contributed by atoms with Crippen LogP contribution in [0.1, 0.15) is 63.1 Å². The van der Waals surface area contributed by atoms with Gasteiger partial charge in [-0.3, -0.25) is 4.79 Å². The molecule has 1 fully saturated rings. The smallest absolute Gasteiger partial charge is 0.239 e. The summed E-state index contributed by atoms with van der Waals surface area (Å²) in [5.41, 5.74) is 1.99. The number of amides is 1. The molecular weight excluding hydrogens is 642 g/mol. The van der Waals surface area contributed by atoms with Crippen molar-refractivity contribution in [3.8, 4) is 0 Å². The molecule has 9 heteroatoms. The lowest BCUT2D eigenvalue weighted by molar-refractivity contribution is -0.143. The average molecular weight is 677 g/mol. The molecule has 2 aromatic rings. The van der Waals surface area contributed by atoms with E-state index >= 15 is 0 Å². The summed E-state index contributed by atoms with van der Waals surface area (Å²) in [6.45, 7) is 9.85. The van der Waals surface area contributed by atoms with Gasteiger partial charge in [-0.05, 0) is 67.5 Å². The fourth-order valence-electron chi connectivity index (χ4n) is 5.15. The van der Waals surface area contributed by atoms with E-state index in [0.717, 1.165) is 11.1 Å². The molecule has 1 saturated heterocycles. The van der Waals surface area contributed by atoms with Crippen LogP contribution in [0, 0.1) is 5.92 Å². The van der Waals surface area contributed by atoms with Crippen molar-refractivity contribution in [1.29, 1.82) is 0 Å². The number of carbonyl (C=O) groups is 1. The molecule has 1 N–H and O–H groups in total. The van der Waals surface area contributed by atoms with E-state index in [9.17, 15) is 13.2 Å². The van der Waals surface area contributed by atoms with Gasteiger partial charge in [-0.15, -0.1) is 6.58 Å². The van der Waals surface area contributed by atoms with Crippen molar-refractivity contribution >= 4 is 61.7 Å². The van der Waals surface area contributed by atoms with Crippen molar-refractivity contribution in [1.82, 2.24) is 9.62 Å². The number of rotatable bonds is 11. The minimum Gasteiger partial charge on any atom is -0.330 e. The second-order valence-corrected chi connectivity index (χ2v) is 15.1. The summed E-state index contributed by atoms with van der Waals surface area (Å²) in [5, 5.41) is 1.24. The highest BCUT2D eigenvalue weighted by atomic mass is 127. The highest BCUT2D eigenvalue weighted by Gasteiger charge is 2.52. The molecule has 0 spiro atoms. The third-order valence-electron chi connectivity index (χ3n) is 6.85. The molecule has 202 valence electrons. The second kappa shape index (κ2) is 12.8. The SMILES string of the molecule is C=CC[C@@]1(I)C[C@H](c2cccc(Cl)c2)[C@@H](c2ccc(Cl)cc2)N([C@H](CNS(=O)(=O)CC)CC(C)C)C1=O. The van der Waals surface area contributed by atoms with Gasteiger partial charge in [0.1, 0.15) is 3.42 Å². The van der Waals surface area contributed by atoms with E-state index in [-0.39, 0.29) is 42.1 Å². The molecule has 2 aromatic carbocycles. The van der Waals surface area contributed by atoms with E-state index in [2.05, 4.69) is 53.8 Å². The zero-order valence-corrected chi connectivity index (χ0v) is 25.9. The van der Waals surface area contributed by atoms with Gasteiger partial charge in [0, 0.05) is 28.5 Å². The lowest BCUT2D eigenvalue weighted by atomic mass is 9.74. The van der Waals surface area contributed by atoms with Gasteiger partial charge >= 0.3 is 0 Å². The van der Waals surface area contributed by atoms with Crippen LogP contribution >= 0.6 is 45.8 Å². The molecule has 1 aliphatic heterocycles. The molecule has 1 heterocycles. The molecule has 3 rings (SSSR count). The zero-order valence-electron chi connectivity index (χ0n) is 21.5. The molecule has 0 aliphatic carbocycles. The summed E-state index contributed by atoms with van der Waals surface area (Å²) in [6, 6.07) is 14.7. The maximum atomic E-state index is 14.4. The fourth-order valence-corrected chi connectivity index (χ4v) is 7.19. The molecular formula is C28H35Cl2IN2O3S. The lowest BCUT2D eigenvalue weighted by Gasteiger charge is -2.51. The quantitative estimate of drug-likeness (QED) is 0.156. The summed E-state index contributed by atoms with van der Waals surface area (Å²) in [6.07, 6.45) is 3.53. The predicted octanol–water partition coefficient (Wildman–Crippen LogP) is 7.15. The number of benzene rings is 2. The van der Waals surface area contributed by atoms with Crippen LogP contribution in [0.4, 0.5) is 0 Å². The molecule has 5 nitrogen and oxygen atoms in total. The zero-order chi connectivity index (χ0) is 27.4. The van der Waals surface area contributed by atoms with Gasteiger partial charge in [0.2, 0.25) is 15.9 Å². The van der Waals surface area contributed by atoms with E-state index in [4.69, 9.17) is 23.2 Å². The minimum absolute atomic E-state index is 0.00688. The van der Waals surface area contributed by atoms with Crippen molar-refractivity contribution in [3.05, 3.63) is 82.4 Å². The predicted molar refractivity (Wildman–Crippen MR) is 162 cm³/mol. The number of hydrogen-bond acceptors (Lipinski definition) is 3. The second-order valence-electron chi connectivity index (χ2n) is 10.1. The van der Waals surface area contributed by atoms with Gasteiger partial charge in [0.15, 0.2) is 0 Å². The van der Waals surface area contributed by atoms with Crippen molar-refractivity contribution in [2.75, 3.05) is 12.3 Å². The summed E-state index contributed by atoms with van der Waals surface area (Å²) in [4.78, 5) is 16.3. The Morgan fingerprint density at radius 1 is 1.16 bits per heavy atom. The lowest BCUT2D eigenvalue weighted by Crippen LogP contribution is -2.59. The number of sulfonamides is 1. The highest BCUT2D eigenvalue weighted by Crippen LogP contribution is 2.52. The molecule has 1 aliphatic rings. The maximum Gasteiger partial charge on any atom is 0.239 e. The number of halogens is 3. The third-order valence-corrected chi connectivity index (χ3v) is 10.0. The Balaban J connectivity index is 2.23. The van der Waals surface area contributed by atoms with E-state index < -0.39 is 13.4 Å². The monoisotopic (exact) mass is 676 g/mol. The van der Waals surface area contributed by atoms with Crippen LogP contribution in [0.15, 0.2) is 61.2 Å². The highest BCUT2D eigenvalue weighted by molar-refractivity contribution is 14.1. The Morgan fingerprint density at radius 3 is 2.41 bits per heavy atom. The average Bonchev–Trinajstić information content (AvgIpc) is 2.84. The topological polar surface area (TPSA) is 66.5 Å². The van der Waals surface area contributed by atoms with Crippen LogP contribution < -0.4 is 4.72 Å². The summed E-state index contributed by atoms with van der Waals surface area (Å²) < 4.78 is 26.9. The van der Waals surface area contributed by atoms with E-state index in [0.29, 0.717) is 29.3 Å². The third kappa shape index (κ3) is 7.50. The maximum absolute atomic E-state index is 14.4. The van der Waals surface area contributed by atoms with Crippen LogP contribution in [0.2, 0.25) is 10.0 Å². The number of carbonyl (C=O) groups excluding carboxylic acids is 1. The molecule has 0 aromatic heterocycles. The Labute approximate surface area is 245 Å². The van der Waals surface area contributed by atoms with Crippen molar-refractivity contribution in [2.24, 2.45) is 5.92 Å². The van der Waals surface area contributed by atoms with Gasteiger partial charge in [0.25, 0.3) is 0 Å². The molecule has 0 saturated carbocycles. The molecule has 37 heavy (non-hydrogen) atoms. The largest absolute Gasteiger partial charge is 0.330 e. The van der Waals surface area contributed by atoms with E-state index in [1.807, 2.05) is 47.4 Å². The first kappa shape index (κ1) is 30.4. The number of hydrogen-bond donors (Lipinski definition) is 1. The molecule has 0 radical (unpaired) electrons. The van der Waals surface area contributed by atoms with Crippen LogP contribution in [0.5, 0.6) is 0 Å². The number of piperidine rings is 1. The van der Waals surface area contributed by atoms with Crippen LogP contribution in [-0.4, -0.2) is 41.0 Å². The van der Waals surface area contributed by atoms with Gasteiger partial charge in [0.05, 0.1) is 11.8 Å². The van der Waals surface area contributed by atoms with Gasteiger partial charge in [-0.25, -0.2) is 13.1 Å². The Kier molecular flexibility index (Phi) is 10.5. The van der Waals surface area contributed by atoms with Gasteiger partial charge < -0.3 is 4.90 Å². The van der Waals surface area contributed by atoms with Crippen molar-refractivity contribution in [3.63, 3.8) is 0 Å². The van der Waals surface area contributed by atoms with Gasteiger partial charge in [-0.2, -0.15) is 0 Å². The molecule has 0 unspecified atom stereocenters. The van der Waals surface area contributed by atoms with E-state index in [1.54, 1.807) is 13.0 Å². The Morgan fingerprint density at radius 2 is 1.84 bits per heavy atom.